The van der Waals surface area contributed by atoms with E-state index in [9.17, 15) is 9.90 Å². The van der Waals surface area contributed by atoms with Gasteiger partial charge in [0.2, 0.25) is 5.91 Å². The quantitative estimate of drug-likeness (QED) is 0.906. The van der Waals surface area contributed by atoms with E-state index in [2.05, 4.69) is 38.1 Å². The molecule has 0 saturated carbocycles. The lowest BCUT2D eigenvalue weighted by Crippen LogP contribution is -2.40. The van der Waals surface area contributed by atoms with Crippen LogP contribution < -0.4 is 0 Å². The highest BCUT2D eigenvalue weighted by molar-refractivity contribution is 7.99. The summed E-state index contributed by atoms with van der Waals surface area (Å²) < 4.78 is 0. The number of aliphatic hydroxyl groups is 1. The second-order valence-electron chi connectivity index (χ2n) is 5.58. The summed E-state index contributed by atoms with van der Waals surface area (Å²) in [6, 6.07) is 8.44. The van der Waals surface area contributed by atoms with Gasteiger partial charge >= 0.3 is 0 Å². The Hall–Kier alpha value is -1.00. The molecule has 3 nitrogen and oxygen atoms in total. The molecule has 1 fully saturated rings. The molecule has 0 spiro atoms. The zero-order chi connectivity index (χ0) is 14.5. The van der Waals surface area contributed by atoms with Crippen LogP contribution in [0, 0.1) is 12.8 Å². The monoisotopic (exact) mass is 293 g/mol. The van der Waals surface area contributed by atoms with Crippen LogP contribution in [0.5, 0.6) is 0 Å². The lowest BCUT2D eigenvalue weighted by molar-refractivity contribution is -0.130. The fraction of sp³-hybridized carbons (Fsp3) is 0.562. The minimum Gasteiger partial charge on any atom is -0.394 e. The van der Waals surface area contributed by atoms with Crippen molar-refractivity contribution in [2.45, 2.75) is 32.1 Å². The number of aliphatic hydroxyl groups excluding tert-OH is 1. The fourth-order valence-electron chi connectivity index (χ4n) is 2.62. The van der Waals surface area contributed by atoms with E-state index in [0.717, 1.165) is 18.7 Å². The van der Waals surface area contributed by atoms with Gasteiger partial charge in [-0.05, 0) is 24.8 Å². The fourth-order valence-corrected chi connectivity index (χ4v) is 3.49. The summed E-state index contributed by atoms with van der Waals surface area (Å²) in [5.41, 5.74) is 2.51. The van der Waals surface area contributed by atoms with Crippen LogP contribution in [0.4, 0.5) is 0 Å². The molecule has 0 aliphatic carbocycles. The second kappa shape index (κ2) is 7.14. The zero-order valence-corrected chi connectivity index (χ0v) is 13.0. The zero-order valence-electron chi connectivity index (χ0n) is 12.2. The van der Waals surface area contributed by atoms with Crippen molar-refractivity contribution in [2.75, 3.05) is 18.9 Å². The molecule has 2 unspecified atom stereocenters. The molecule has 2 rings (SSSR count). The Labute approximate surface area is 125 Å². The maximum atomic E-state index is 12.2. The largest absolute Gasteiger partial charge is 0.394 e. The maximum Gasteiger partial charge on any atom is 0.232 e. The Kier molecular flexibility index (Phi) is 5.49. The van der Waals surface area contributed by atoms with Gasteiger partial charge in [-0.3, -0.25) is 4.79 Å². The highest BCUT2D eigenvalue weighted by Gasteiger charge is 2.33. The summed E-state index contributed by atoms with van der Waals surface area (Å²) in [5, 5.41) is 9.38. The first-order valence-electron chi connectivity index (χ1n) is 7.15. The SMILES string of the molecule is Cc1ccc(CSCC(=O)N2CCC(C)C2CO)cc1. The number of carbonyl (C=O) groups excluding carboxylic acids is 1. The Balaban J connectivity index is 1.79. The van der Waals surface area contributed by atoms with Gasteiger partial charge in [-0.1, -0.05) is 36.8 Å². The first-order chi connectivity index (χ1) is 9.61. The molecule has 4 heteroatoms. The smallest absolute Gasteiger partial charge is 0.232 e. The van der Waals surface area contributed by atoms with Crippen molar-refractivity contribution < 1.29 is 9.90 Å². The summed E-state index contributed by atoms with van der Waals surface area (Å²) in [6.45, 7) is 5.05. The summed E-state index contributed by atoms with van der Waals surface area (Å²) in [6.07, 6.45) is 1.000. The molecule has 1 aromatic carbocycles. The Morgan fingerprint density at radius 2 is 2.10 bits per heavy atom. The van der Waals surface area contributed by atoms with Crippen molar-refractivity contribution in [3.8, 4) is 0 Å². The summed E-state index contributed by atoms with van der Waals surface area (Å²) in [4.78, 5) is 14.1. The molecular formula is C16H23NO2S. The standard InChI is InChI=1S/C16H23NO2S/c1-12-3-5-14(6-4-12)10-20-11-16(19)17-8-7-13(2)15(17)9-18/h3-6,13,15,18H,7-11H2,1-2H3. The number of hydrogen-bond acceptors (Lipinski definition) is 3. The number of nitrogens with zero attached hydrogens (tertiary/aromatic N) is 1. The van der Waals surface area contributed by atoms with Crippen LogP contribution in [0.15, 0.2) is 24.3 Å². The molecule has 0 radical (unpaired) electrons. The molecule has 1 aliphatic rings. The van der Waals surface area contributed by atoms with Gasteiger partial charge in [0.15, 0.2) is 0 Å². The summed E-state index contributed by atoms with van der Waals surface area (Å²) >= 11 is 1.65. The Morgan fingerprint density at radius 1 is 1.40 bits per heavy atom. The third-order valence-corrected chi connectivity index (χ3v) is 4.99. The van der Waals surface area contributed by atoms with E-state index in [1.165, 1.54) is 11.1 Å². The summed E-state index contributed by atoms with van der Waals surface area (Å²) in [5.74, 6) is 1.92. The Bertz CT molecular complexity index is 446. The van der Waals surface area contributed by atoms with Crippen molar-refractivity contribution in [3.05, 3.63) is 35.4 Å². The first kappa shape index (κ1) is 15.4. The van der Waals surface area contributed by atoms with Gasteiger partial charge in [-0.15, -0.1) is 11.8 Å². The normalized spacial score (nSPS) is 22.2. The number of carbonyl (C=O) groups is 1. The van der Waals surface area contributed by atoms with E-state index in [1.54, 1.807) is 11.8 Å². The molecule has 2 atom stereocenters. The maximum absolute atomic E-state index is 12.2. The van der Waals surface area contributed by atoms with Gasteiger partial charge in [0.1, 0.15) is 0 Å². The molecule has 1 amide bonds. The van der Waals surface area contributed by atoms with E-state index in [1.807, 2.05) is 4.90 Å². The van der Waals surface area contributed by atoms with Crippen LogP contribution in [-0.4, -0.2) is 40.9 Å². The van der Waals surface area contributed by atoms with Crippen LogP contribution in [-0.2, 0) is 10.5 Å². The lowest BCUT2D eigenvalue weighted by atomic mass is 10.0. The number of aryl methyl sites for hydroxylation is 1. The minimum atomic E-state index is 0.0162. The highest BCUT2D eigenvalue weighted by Crippen LogP contribution is 2.24. The number of benzene rings is 1. The van der Waals surface area contributed by atoms with Crippen LogP contribution in [0.3, 0.4) is 0 Å². The van der Waals surface area contributed by atoms with E-state index in [4.69, 9.17) is 0 Å². The van der Waals surface area contributed by atoms with Crippen molar-refractivity contribution >= 4 is 17.7 Å². The van der Waals surface area contributed by atoms with Gasteiger partial charge in [0, 0.05) is 12.3 Å². The number of hydrogen-bond donors (Lipinski definition) is 1. The van der Waals surface area contributed by atoms with Gasteiger partial charge in [-0.2, -0.15) is 0 Å². The third kappa shape index (κ3) is 3.76. The second-order valence-corrected chi connectivity index (χ2v) is 6.57. The number of thioether (sulfide) groups is 1. The van der Waals surface area contributed by atoms with E-state index < -0.39 is 0 Å². The molecular weight excluding hydrogens is 270 g/mol. The van der Waals surface area contributed by atoms with Gasteiger partial charge in [0.25, 0.3) is 0 Å². The number of rotatable bonds is 5. The van der Waals surface area contributed by atoms with Crippen molar-refractivity contribution in [1.82, 2.24) is 4.90 Å². The molecule has 0 bridgehead atoms. The van der Waals surface area contributed by atoms with Crippen LogP contribution >= 0.6 is 11.8 Å². The Morgan fingerprint density at radius 3 is 2.75 bits per heavy atom. The molecule has 1 heterocycles. The third-order valence-electron chi connectivity index (χ3n) is 4.00. The molecule has 20 heavy (non-hydrogen) atoms. The number of amides is 1. The molecule has 1 saturated heterocycles. The van der Waals surface area contributed by atoms with Gasteiger partial charge in [-0.25, -0.2) is 0 Å². The van der Waals surface area contributed by atoms with Gasteiger partial charge in [0.05, 0.1) is 18.4 Å². The predicted molar refractivity (Wildman–Crippen MR) is 83.7 cm³/mol. The van der Waals surface area contributed by atoms with E-state index in [-0.39, 0.29) is 18.6 Å². The summed E-state index contributed by atoms with van der Waals surface area (Å²) in [7, 11) is 0. The molecule has 1 N–H and O–H groups in total. The average molecular weight is 293 g/mol. The van der Waals surface area contributed by atoms with E-state index >= 15 is 0 Å². The van der Waals surface area contributed by atoms with Crippen LogP contribution in [0.2, 0.25) is 0 Å². The predicted octanol–water partition coefficient (Wildman–Crippen LogP) is 2.46. The van der Waals surface area contributed by atoms with Crippen LogP contribution in [0.1, 0.15) is 24.5 Å². The molecule has 0 aromatic heterocycles. The average Bonchev–Trinajstić information content (AvgIpc) is 2.82. The lowest BCUT2D eigenvalue weighted by Gasteiger charge is -2.25. The van der Waals surface area contributed by atoms with Crippen LogP contribution in [0.25, 0.3) is 0 Å². The minimum absolute atomic E-state index is 0.0162. The first-order valence-corrected chi connectivity index (χ1v) is 8.31. The van der Waals surface area contributed by atoms with Crippen molar-refractivity contribution in [3.63, 3.8) is 0 Å². The van der Waals surface area contributed by atoms with Gasteiger partial charge < -0.3 is 10.0 Å². The van der Waals surface area contributed by atoms with E-state index in [0.29, 0.717) is 11.7 Å². The molecule has 1 aromatic rings. The topological polar surface area (TPSA) is 40.5 Å². The van der Waals surface area contributed by atoms with Crippen molar-refractivity contribution in [2.24, 2.45) is 5.92 Å². The highest BCUT2D eigenvalue weighted by atomic mass is 32.2. The van der Waals surface area contributed by atoms with Crippen molar-refractivity contribution in [1.29, 1.82) is 0 Å². The molecule has 1 aliphatic heterocycles. The number of likely N-dealkylation sites (tertiary alicyclic amines) is 1. The molecule has 110 valence electrons.